The van der Waals surface area contributed by atoms with E-state index < -0.39 is 0 Å². The standard InChI is InChI=1S/C10H11N3O/c1-6-7(2)14-10(13-6)8-3-4-12-5-9(8)11/h3-5H,11H2,1-2H3. The smallest absolute Gasteiger partial charge is 0.228 e. The highest BCUT2D eigenvalue weighted by molar-refractivity contribution is 5.69. The topological polar surface area (TPSA) is 64.9 Å². The second-order valence-electron chi connectivity index (χ2n) is 3.12. The lowest BCUT2D eigenvalue weighted by molar-refractivity contribution is 0.541. The van der Waals surface area contributed by atoms with Gasteiger partial charge in [0.05, 0.1) is 23.1 Å². The summed E-state index contributed by atoms with van der Waals surface area (Å²) in [6.07, 6.45) is 3.25. The number of nitrogen functional groups attached to an aromatic ring is 1. The number of pyridine rings is 1. The monoisotopic (exact) mass is 189 g/mol. The molecule has 0 unspecified atom stereocenters. The van der Waals surface area contributed by atoms with E-state index in [9.17, 15) is 0 Å². The Kier molecular flexibility index (Phi) is 1.96. The molecule has 4 heteroatoms. The number of oxazole rings is 1. The van der Waals surface area contributed by atoms with Gasteiger partial charge in [-0.15, -0.1) is 0 Å². The normalized spacial score (nSPS) is 10.4. The molecule has 0 aliphatic rings. The van der Waals surface area contributed by atoms with Crippen LogP contribution in [0.5, 0.6) is 0 Å². The SMILES string of the molecule is Cc1nc(-c2ccncc2N)oc1C. The first kappa shape index (κ1) is 8.74. The number of anilines is 1. The van der Waals surface area contributed by atoms with E-state index in [-0.39, 0.29) is 0 Å². The summed E-state index contributed by atoms with van der Waals surface area (Å²) < 4.78 is 5.46. The van der Waals surface area contributed by atoms with Crippen molar-refractivity contribution < 1.29 is 4.42 Å². The minimum atomic E-state index is 0.555. The number of aryl methyl sites for hydroxylation is 2. The van der Waals surface area contributed by atoms with Gasteiger partial charge in [0.15, 0.2) is 0 Å². The van der Waals surface area contributed by atoms with Crippen LogP contribution in [0.1, 0.15) is 11.5 Å². The van der Waals surface area contributed by atoms with E-state index in [0.29, 0.717) is 11.6 Å². The van der Waals surface area contributed by atoms with Crippen LogP contribution < -0.4 is 5.73 Å². The largest absolute Gasteiger partial charge is 0.441 e. The van der Waals surface area contributed by atoms with Crippen LogP contribution in [0.15, 0.2) is 22.9 Å². The van der Waals surface area contributed by atoms with Gasteiger partial charge >= 0.3 is 0 Å². The van der Waals surface area contributed by atoms with Gasteiger partial charge in [-0.2, -0.15) is 0 Å². The van der Waals surface area contributed by atoms with Crippen molar-refractivity contribution in [1.82, 2.24) is 9.97 Å². The Balaban J connectivity index is 2.55. The highest BCUT2D eigenvalue weighted by Crippen LogP contribution is 2.25. The number of hydrogen-bond donors (Lipinski definition) is 1. The maximum absolute atomic E-state index is 5.75. The second-order valence-corrected chi connectivity index (χ2v) is 3.12. The second kappa shape index (κ2) is 3.14. The van der Waals surface area contributed by atoms with Gasteiger partial charge < -0.3 is 10.2 Å². The van der Waals surface area contributed by atoms with Crippen LogP contribution in [0, 0.1) is 13.8 Å². The molecule has 0 saturated carbocycles. The molecular formula is C10H11N3O. The molecule has 2 aromatic heterocycles. The fourth-order valence-electron chi connectivity index (χ4n) is 1.19. The first-order valence-electron chi connectivity index (χ1n) is 4.32. The van der Waals surface area contributed by atoms with E-state index in [4.69, 9.17) is 10.2 Å². The Morgan fingerprint density at radius 1 is 1.36 bits per heavy atom. The zero-order valence-corrected chi connectivity index (χ0v) is 8.11. The Bertz CT molecular complexity index is 443. The number of rotatable bonds is 1. The quantitative estimate of drug-likeness (QED) is 0.744. The fourth-order valence-corrected chi connectivity index (χ4v) is 1.19. The summed E-state index contributed by atoms with van der Waals surface area (Å²) in [5.74, 6) is 1.37. The Hall–Kier alpha value is -1.84. The van der Waals surface area contributed by atoms with Crippen molar-refractivity contribution in [3.8, 4) is 11.5 Å². The minimum Gasteiger partial charge on any atom is -0.441 e. The molecule has 72 valence electrons. The molecule has 0 spiro atoms. The van der Waals surface area contributed by atoms with Crippen molar-refractivity contribution in [2.75, 3.05) is 5.73 Å². The third-order valence-corrected chi connectivity index (χ3v) is 2.11. The molecule has 2 heterocycles. The highest BCUT2D eigenvalue weighted by atomic mass is 16.4. The molecule has 0 aromatic carbocycles. The van der Waals surface area contributed by atoms with Gasteiger partial charge in [-0.3, -0.25) is 4.98 Å². The van der Waals surface area contributed by atoms with E-state index in [2.05, 4.69) is 9.97 Å². The number of nitrogens with two attached hydrogens (primary N) is 1. The summed E-state index contributed by atoms with van der Waals surface area (Å²) in [6, 6.07) is 1.79. The predicted octanol–water partition coefficient (Wildman–Crippen LogP) is 1.94. The van der Waals surface area contributed by atoms with Gasteiger partial charge in [0, 0.05) is 6.20 Å². The molecule has 0 amide bonds. The van der Waals surface area contributed by atoms with Crippen molar-refractivity contribution >= 4 is 5.69 Å². The summed E-state index contributed by atoms with van der Waals surface area (Å²) in [6.45, 7) is 3.78. The summed E-state index contributed by atoms with van der Waals surface area (Å²) >= 11 is 0. The van der Waals surface area contributed by atoms with Gasteiger partial charge in [0.2, 0.25) is 5.89 Å². The van der Waals surface area contributed by atoms with Crippen molar-refractivity contribution in [3.63, 3.8) is 0 Å². The van der Waals surface area contributed by atoms with Crippen LogP contribution in [-0.4, -0.2) is 9.97 Å². The molecule has 0 saturated heterocycles. The van der Waals surface area contributed by atoms with Gasteiger partial charge in [0.1, 0.15) is 5.76 Å². The third-order valence-electron chi connectivity index (χ3n) is 2.11. The van der Waals surface area contributed by atoms with Crippen molar-refractivity contribution in [2.24, 2.45) is 0 Å². The molecule has 2 N–H and O–H groups in total. The van der Waals surface area contributed by atoms with E-state index >= 15 is 0 Å². The first-order valence-corrected chi connectivity index (χ1v) is 4.32. The lowest BCUT2D eigenvalue weighted by atomic mass is 10.2. The maximum atomic E-state index is 5.75. The van der Waals surface area contributed by atoms with Crippen LogP contribution in [0.25, 0.3) is 11.5 Å². The summed E-state index contributed by atoms with van der Waals surface area (Å²) in [7, 11) is 0. The molecule has 0 fully saturated rings. The van der Waals surface area contributed by atoms with Crippen LogP contribution in [-0.2, 0) is 0 Å². The van der Waals surface area contributed by atoms with Gasteiger partial charge in [0.25, 0.3) is 0 Å². The minimum absolute atomic E-state index is 0.555. The Morgan fingerprint density at radius 3 is 2.71 bits per heavy atom. The number of nitrogens with zero attached hydrogens (tertiary/aromatic N) is 2. The fraction of sp³-hybridized carbons (Fsp3) is 0.200. The van der Waals surface area contributed by atoms with Crippen molar-refractivity contribution in [3.05, 3.63) is 29.9 Å². The molecule has 0 aliphatic carbocycles. The summed E-state index contributed by atoms with van der Waals surface area (Å²) in [4.78, 5) is 8.17. The number of aromatic nitrogens is 2. The van der Waals surface area contributed by atoms with Crippen molar-refractivity contribution in [1.29, 1.82) is 0 Å². The van der Waals surface area contributed by atoms with Gasteiger partial charge in [-0.25, -0.2) is 4.98 Å². The van der Waals surface area contributed by atoms with E-state index in [0.717, 1.165) is 17.0 Å². The molecular weight excluding hydrogens is 178 g/mol. The average molecular weight is 189 g/mol. The molecule has 2 rings (SSSR count). The van der Waals surface area contributed by atoms with Gasteiger partial charge in [-0.1, -0.05) is 0 Å². The predicted molar refractivity (Wildman–Crippen MR) is 53.6 cm³/mol. The molecule has 0 atom stereocenters. The molecule has 14 heavy (non-hydrogen) atoms. The zero-order valence-electron chi connectivity index (χ0n) is 8.11. The van der Waals surface area contributed by atoms with Gasteiger partial charge in [-0.05, 0) is 19.9 Å². The van der Waals surface area contributed by atoms with E-state index in [1.54, 1.807) is 18.5 Å². The zero-order chi connectivity index (χ0) is 10.1. The molecule has 4 nitrogen and oxygen atoms in total. The van der Waals surface area contributed by atoms with Crippen molar-refractivity contribution in [2.45, 2.75) is 13.8 Å². The Morgan fingerprint density at radius 2 is 2.14 bits per heavy atom. The lowest BCUT2D eigenvalue weighted by Gasteiger charge is -1.98. The summed E-state index contributed by atoms with van der Waals surface area (Å²) in [5, 5.41) is 0. The maximum Gasteiger partial charge on any atom is 0.228 e. The lowest BCUT2D eigenvalue weighted by Crippen LogP contribution is -1.90. The Labute approximate surface area is 81.8 Å². The van der Waals surface area contributed by atoms with Crippen LogP contribution in [0.2, 0.25) is 0 Å². The van der Waals surface area contributed by atoms with E-state index in [1.807, 2.05) is 13.8 Å². The van der Waals surface area contributed by atoms with Crippen LogP contribution in [0.3, 0.4) is 0 Å². The molecule has 0 radical (unpaired) electrons. The average Bonchev–Trinajstić information content (AvgIpc) is 2.48. The molecule has 0 bridgehead atoms. The van der Waals surface area contributed by atoms with E-state index in [1.165, 1.54) is 0 Å². The molecule has 2 aromatic rings. The van der Waals surface area contributed by atoms with Crippen LogP contribution >= 0.6 is 0 Å². The number of hydrogen-bond acceptors (Lipinski definition) is 4. The highest BCUT2D eigenvalue weighted by Gasteiger charge is 2.10. The molecule has 0 aliphatic heterocycles. The summed E-state index contributed by atoms with van der Waals surface area (Å²) in [5.41, 5.74) is 8.00. The van der Waals surface area contributed by atoms with Crippen LogP contribution in [0.4, 0.5) is 5.69 Å². The third kappa shape index (κ3) is 1.35. The first-order chi connectivity index (χ1) is 6.68.